The summed E-state index contributed by atoms with van der Waals surface area (Å²) in [5, 5.41) is 3.22. The van der Waals surface area contributed by atoms with Gasteiger partial charge in [0.25, 0.3) is 0 Å². The van der Waals surface area contributed by atoms with Gasteiger partial charge < -0.3 is 10.1 Å². The zero-order chi connectivity index (χ0) is 15.8. The molecule has 21 heavy (non-hydrogen) atoms. The summed E-state index contributed by atoms with van der Waals surface area (Å²) in [5.41, 5.74) is 0.594. The molecule has 1 aromatic rings. The number of carbonyl (C=O) groups is 2. The predicted octanol–water partition coefficient (Wildman–Crippen LogP) is 4.43. The molecular weight excluding hydrogens is 400 g/mol. The Labute approximate surface area is 144 Å². The highest BCUT2D eigenvalue weighted by Crippen LogP contribution is 2.27. The first-order valence-corrected chi connectivity index (χ1v) is 9.33. The summed E-state index contributed by atoms with van der Waals surface area (Å²) in [4.78, 5) is 23.1. The second-order valence-corrected chi connectivity index (χ2v) is 7.34. The Morgan fingerprint density at radius 3 is 2.81 bits per heavy atom. The van der Waals surface area contributed by atoms with Crippen molar-refractivity contribution in [1.29, 1.82) is 0 Å². The molecule has 0 bridgehead atoms. The molecule has 0 aromatic heterocycles. The van der Waals surface area contributed by atoms with Gasteiger partial charge in [-0.3, -0.25) is 9.10 Å². The highest BCUT2D eigenvalue weighted by atomic mass is 79.9. The Morgan fingerprint density at radius 1 is 1.48 bits per heavy atom. The number of esters is 1. The van der Waals surface area contributed by atoms with E-state index in [0.717, 1.165) is 15.5 Å². The van der Waals surface area contributed by atoms with Gasteiger partial charge in [-0.15, -0.1) is 0 Å². The number of rotatable bonds is 6. The van der Waals surface area contributed by atoms with Gasteiger partial charge in [0.2, 0.25) is 0 Å². The topological polar surface area (TPSA) is 58.6 Å². The van der Waals surface area contributed by atoms with Gasteiger partial charge in [0.1, 0.15) is 5.75 Å². The fourth-order valence-corrected chi connectivity index (χ4v) is 3.22. The molecule has 2 amide bonds. The fraction of sp³-hybridized carbons (Fsp3) is 0.333. The lowest BCUT2D eigenvalue weighted by atomic mass is 10.3. The van der Waals surface area contributed by atoms with Crippen LogP contribution >= 0.6 is 49.3 Å². The maximum atomic E-state index is 11.9. The molecule has 0 fully saturated rings. The van der Waals surface area contributed by atoms with Gasteiger partial charge >= 0.3 is 12.0 Å². The molecule has 0 aliphatic heterocycles. The Bertz CT molecular complexity index is 519. The zero-order valence-electron chi connectivity index (χ0n) is 11.4. The molecule has 116 valence electrons. The summed E-state index contributed by atoms with van der Waals surface area (Å²) >= 11 is 9.23. The first kappa shape index (κ1) is 18.5. The summed E-state index contributed by atoms with van der Waals surface area (Å²) < 4.78 is 6.94. The van der Waals surface area contributed by atoms with Crippen LogP contribution in [0, 0.1) is 0 Å². The van der Waals surface area contributed by atoms with Crippen LogP contribution in [0.25, 0.3) is 0 Å². The Kier molecular flexibility index (Phi) is 8.31. The van der Waals surface area contributed by atoms with E-state index in [4.69, 9.17) is 16.3 Å². The van der Waals surface area contributed by atoms with Crippen molar-refractivity contribution in [3.8, 4) is 0 Å². The van der Waals surface area contributed by atoms with Gasteiger partial charge in [-0.05, 0) is 41.1 Å². The van der Waals surface area contributed by atoms with E-state index < -0.39 is 0 Å². The van der Waals surface area contributed by atoms with Crippen molar-refractivity contribution in [2.45, 2.75) is 6.92 Å². The van der Waals surface area contributed by atoms with E-state index >= 15 is 0 Å². The number of amides is 2. The highest BCUT2D eigenvalue weighted by molar-refractivity contribution is 9.10. The van der Waals surface area contributed by atoms with E-state index in [1.54, 1.807) is 32.2 Å². The minimum absolute atomic E-state index is 0.181. The van der Waals surface area contributed by atoms with Crippen LogP contribution in [0.2, 0.25) is 5.02 Å². The summed E-state index contributed by atoms with van der Waals surface area (Å²) in [5.74, 6) is -0.122. The number of hydrogen-bond acceptors (Lipinski definition) is 5. The molecule has 1 rings (SSSR count). The number of anilines is 1. The molecule has 0 spiro atoms. The third-order valence-electron chi connectivity index (χ3n) is 2.10. The standard InChI is InChI=1S/C12H14BrClN2O3S2/c1-3-19-11(17)7-20-21-16(2)12(18)15-8-4-5-9(13)10(14)6-8/h4-6H,3,7H2,1-2H3,(H,15,18). The van der Waals surface area contributed by atoms with Crippen LogP contribution in [0.3, 0.4) is 0 Å². The van der Waals surface area contributed by atoms with Crippen LogP contribution in [-0.4, -0.2) is 35.7 Å². The van der Waals surface area contributed by atoms with Crippen molar-refractivity contribution in [1.82, 2.24) is 4.31 Å². The van der Waals surface area contributed by atoms with Gasteiger partial charge in [-0.2, -0.15) is 0 Å². The van der Waals surface area contributed by atoms with Gasteiger partial charge in [0.05, 0.1) is 11.6 Å². The Hall–Kier alpha value is -0.570. The maximum Gasteiger partial charge on any atom is 0.332 e. The molecule has 9 heteroatoms. The smallest absolute Gasteiger partial charge is 0.332 e. The van der Waals surface area contributed by atoms with Crippen molar-refractivity contribution in [2.75, 3.05) is 24.7 Å². The van der Waals surface area contributed by atoms with Crippen LogP contribution in [0.5, 0.6) is 0 Å². The van der Waals surface area contributed by atoms with Crippen molar-refractivity contribution in [2.24, 2.45) is 0 Å². The normalized spacial score (nSPS) is 10.1. The Balaban J connectivity index is 2.40. The molecule has 0 unspecified atom stereocenters. The van der Waals surface area contributed by atoms with Gasteiger partial charge in [-0.25, -0.2) is 4.79 Å². The number of urea groups is 1. The van der Waals surface area contributed by atoms with Crippen LogP contribution in [0.1, 0.15) is 6.92 Å². The molecule has 0 aliphatic rings. The van der Waals surface area contributed by atoms with E-state index in [1.807, 2.05) is 0 Å². The highest BCUT2D eigenvalue weighted by Gasteiger charge is 2.12. The predicted molar refractivity (Wildman–Crippen MR) is 92.6 cm³/mol. The van der Waals surface area contributed by atoms with Crippen molar-refractivity contribution < 1.29 is 14.3 Å². The summed E-state index contributed by atoms with van der Waals surface area (Å²) in [7, 11) is 4.00. The summed E-state index contributed by atoms with van der Waals surface area (Å²) in [6.45, 7) is 2.10. The first-order valence-electron chi connectivity index (χ1n) is 5.89. The van der Waals surface area contributed by atoms with Crippen molar-refractivity contribution >= 4 is 67.0 Å². The van der Waals surface area contributed by atoms with Crippen molar-refractivity contribution in [3.05, 3.63) is 27.7 Å². The summed E-state index contributed by atoms with van der Waals surface area (Å²) in [6.07, 6.45) is 0. The number of nitrogens with zero attached hydrogens (tertiary/aromatic N) is 1. The largest absolute Gasteiger partial charge is 0.465 e. The van der Waals surface area contributed by atoms with Crippen LogP contribution in [0.15, 0.2) is 22.7 Å². The molecule has 0 heterocycles. The number of carbonyl (C=O) groups excluding carboxylic acids is 2. The molecule has 5 nitrogen and oxygen atoms in total. The minimum Gasteiger partial charge on any atom is -0.465 e. The first-order chi connectivity index (χ1) is 9.93. The molecule has 0 saturated heterocycles. The molecule has 0 saturated carbocycles. The second kappa shape index (κ2) is 9.45. The van der Waals surface area contributed by atoms with Crippen LogP contribution in [-0.2, 0) is 9.53 Å². The second-order valence-electron chi connectivity index (χ2n) is 3.70. The summed E-state index contributed by atoms with van der Waals surface area (Å²) in [6, 6.07) is 4.82. The molecular formula is C12H14BrClN2O3S2. The van der Waals surface area contributed by atoms with Crippen LogP contribution in [0.4, 0.5) is 10.5 Å². The number of benzene rings is 1. The van der Waals surface area contributed by atoms with Gasteiger partial charge in [0, 0.05) is 28.2 Å². The van der Waals surface area contributed by atoms with Gasteiger partial charge in [0.15, 0.2) is 0 Å². The van der Waals surface area contributed by atoms with Gasteiger partial charge in [-0.1, -0.05) is 22.4 Å². The van der Waals surface area contributed by atoms with E-state index in [1.165, 1.54) is 15.1 Å². The van der Waals surface area contributed by atoms with E-state index in [2.05, 4.69) is 21.2 Å². The monoisotopic (exact) mass is 412 g/mol. The maximum absolute atomic E-state index is 11.9. The van der Waals surface area contributed by atoms with Crippen molar-refractivity contribution in [3.63, 3.8) is 0 Å². The third-order valence-corrected chi connectivity index (χ3v) is 5.52. The van der Waals surface area contributed by atoms with E-state index in [-0.39, 0.29) is 17.8 Å². The quantitative estimate of drug-likeness (QED) is 0.425. The average Bonchev–Trinajstić information content (AvgIpc) is 2.43. The molecule has 1 aromatic carbocycles. The number of ether oxygens (including phenoxy) is 1. The molecule has 0 aliphatic carbocycles. The lowest BCUT2D eigenvalue weighted by Crippen LogP contribution is -2.25. The third kappa shape index (κ3) is 6.82. The SMILES string of the molecule is CCOC(=O)CSSN(C)C(=O)Nc1ccc(Br)c(Cl)c1. The lowest BCUT2D eigenvalue weighted by molar-refractivity contribution is -0.139. The number of halogens is 2. The Morgan fingerprint density at radius 2 is 2.19 bits per heavy atom. The number of nitrogens with one attached hydrogen (secondary N) is 1. The molecule has 0 radical (unpaired) electrons. The fourth-order valence-electron chi connectivity index (χ4n) is 1.17. The molecule has 0 atom stereocenters. The van der Waals surface area contributed by atoms with E-state index in [0.29, 0.717) is 17.3 Å². The molecule has 1 N–H and O–H groups in total. The van der Waals surface area contributed by atoms with E-state index in [9.17, 15) is 9.59 Å². The van der Waals surface area contributed by atoms with Crippen LogP contribution < -0.4 is 5.32 Å². The average molecular weight is 414 g/mol. The zero-order valence-corrected chi connectivity index (χ0v) is 15.4. The minimum atomic E-state index is -0.310. The number of hydrogen-bond donors (Lipinski definition) is 1. The lowest BCUT2D eigenvalue weighted by Gasteiger charge is -2.15.